The Morgan fingerprint density at radius 3 is 2.27 bits per heavy atom. The van der Waals surface area contributed by atoms with Crippen molar-refractivity contribution in [2.45, 2.75) is 52.1 Å². The van der Waals surface area contributed by atoms with E-state index in [-0.39, 0.29) is 6.42 Å². The third-order valence-corrected chi connectivity index (χ3v) is 3.42. The van der Waals surface area contributed by atoms with Gasteiger partial charge in [0, 0.05) is 0 Å². The van der Waals surface area contributed by atoms with Crippen molar-refractivity contribution in [2.24, 2.45) is 0 Å². The van der Waals surface area contributed by atoms with E-state index >= 15 is 0 Å². The highest BCUT2D eigenvalue weighted by molar-refractivity contribution is 5.71. The van der Waals surface area contributed by atoms with Crippen molar-refractivity contribution in [3.05, 3.63) is 29.8 Å². The van der Waals surface area contributed by atoms with Gasteiger partial charge >= 0.3 is 12.1 Å². The summed E-state index contributed by atoms with van der Waals surface area (Å²) >= 11 is 0. The van der Waals surface area contributed by atoms with Gasteiger partial charge in [0.15, 0.2) is 0 Å². The first-order valence-corrected chi connectivity index (χ1v) is 7.35. The molecule has 0 aliphatic carbocycles. The molecule has 0 N–H and O–H groups in total. The number of esters is 1. The van der Waals surface area contributed by atoms with Crippen LogP contribution < -0.4 is 4.74 Å². The van der Waals surface area contributed by atoms with Crippen LogP contribution in [-0.4, -0.2) is 24.8 Å². The molecule has 0 aliphatic heterocycles. The SMILES string of the molecule is CCC(C)c1ccc(OC(=O)OC(C)(C)CC(=O)OC)cc1. The zero-order valence-electron chi connectivity index (χ0n) is 13.8. The Labute approximate surface area is 131 Å². The molecule has 0 fully saturated rings. The maximum Gasteiger partial charge on any atom is 0.514 e. The lowest BCUT2D eigenvalue weighted by molar-refractivity contribution is -0.145. The molecule has 0 saturated carbocycles. The number of carbonyl (C=O) groups excluding carboxylic acids is 2. The van der Waals surface area contributed by atoms with Crippen LogP contribution in [0.2, 0.25) is 0 Å². The molecule has 0 bridgehead atoms. The van der Waals surface area contributed by atoms with E-state index in [2.05, 4.69) is 18.6 Å². The minimum absolute atomic E-state index is 0.0362. The van der Waals surface area contributed by atoms with Crippen LogP contribution >= 0.6 is 0 Å². The largest absolute Gasteiger partial charge is 0.514 e. The lowest BCUT2D eigenvalue weighted by Crippen LogP contribution is -2.32. The maximum atomic E-state index is 11.8. The van der Waals surface area contributed by atoms with Gasteiger partial charge < -0.3 is 14.2 Å². The van der Waals surface area contributed by atoms with Crippen LogP contribution in [0.15, 0.2) is 24.3 Å². The minimum Gasteiger partial charge on any atom is -0.469 e. The van der Waals surface area contributed by atoms with Crippen LogP contribution in [-0.2, 0) is 14.3 Å². The Morgan fingerprint density at radius 1 is 1.18 bits per heavy atom. The summed E-state index contributed by atoms with van der Waals surface area (Å²) in [6.45, 7) is 7.50. The van der Waals surface area contributed by atoms with Gasteiger partial charge in [0.2, 0.25) is 0 Å². The van der Waals surface area contributed by atoms with Crippen LogP contribution in [0.4, 0.5) is 4.79 Å². The summed E-state index contributed by atoms with van der Waals surface area (Å²) in [5.41, 5.74) is 0.204. The van der Waals surface area contributed by atoms with Gasteiger partial charge in [-0.1, -0.05) is 26.0 Å². The van der Waals surface area contributed by atoms with Gasteiger partial charge in [-0.15, -0.1) is 0 Å². The smallest absolute Gasteiger partial charge is 0.469 e. The van der Waals surface area contributed by atoms with E-state index in [0.717, 1.165) is 6.42 Å². The van der Waals surface area contributed by atoms with Gasteiger partial charge in [-0.05, 0) is 43.9 Å². The van der Waals surface area contributed by atoms with E-state index in [0.29, 0.717) is 11.7 Å². The Hall–Kier alpha value is -2.04. The number of carbonyl (C=O) groups is 2. The van der Waals surface area contributed by atoms with Crippen molar-refractivity contribution in [2.75, 3.05) is 7.11 Å². The quantitative estimate of drug-likeness (QED) is 0.586. The Bertz CT molecular complexity index is 504. The Kier molecular flexibility index (Phi) is 6.40. The molecule has 1 atom stereocenters. The monoisotopic (exact) mass is 308 g/mol. The predicted molar refractivity (Wildman–Crippen MR) is 83.0 cm³/mol. The molecule has 1 unspecified atom stereocenters. The molecule has 0 aliphatic rings. The molecule has 122 valence electrons. The van der Waals surface area contributed by atoms with Crippen molar-refractivity contribution in [3.63, 3.8) is 0 Å². The number of hydrogen-bond acceptors (Lipinski definition) is 5. The van der Waals surface area contributed by atoms with E-state index in [1.54, 1.807) is 26.0 Å². The van der Waals surface area contributed by atoms with Gasteiger partial charge in [-0.3, -0.25) is 4.79 Å². The fraction of sp³-hybridized carbons (Fsp3) is 0.529. The minimum atomic E-state index is -0.985. The lowest BCUT2D eigenvalue weighted by Gasteiger charge is -2.23. The van der Waals surface area contributed by atoms with Crippen molar-refractivity contribution in [1.82, 2.24) is 0 Å². The second-order valence-corrected chi connectivity index (χ2v) is 5.85. The van der Waals surface area contributed by atoms with Crippen molar-refractivity contribution in [3.8, 4) is 5.75 Å². The van der Waals surface area contributed by atoms with Crippen molar-refractivity contribution < 1.29 is 23.8 Å². The topological polar surface area (TPSA) is 61.8 Å². The van der Waals surface area contributed by atoms with Crippen LogP contribution in [0.3, 0.4) is 0 Å². The van der Waals surface area contributed by atoms with Crippen LogP contribution in [0.5, 0.6) is 5.75 Å². The molecule has 0 aromatic heterocycles. The van der Waals surface area contributed by atoms with Gasteiger partial charge in [0.25, 0.3) is 0 Å². The maximum absolute atomic E-state index is 11.8. The highest BCUT2D eigenvalue weighted by Crippen LogP contribution is 2.22. The van der Waals surface area contributed by atoms with Gasteiger partial charge in [0.05, 0.1) is 13.5 Å². The van der Waals surface area contributed by atoms with Crippen LogP contribution in [0, 0.1) is 0 Å². The highest BCUT2D eigenvalue weighted by atomic mass is 16.7. The third-order valence-electron chi connectivity index (χ3n) is 3.42. The summed E-state index contributed by atoms with van der Waals surface area (Å²) in [5, 5.41) is 0. The molecule has 5 nitrogen and oxygen atoms in total. The summed E-state index contributed by atoms with van der Waals surface area (Å²) in [6, 6.07) is 7.32. The second-order valence-electron chi connectivity index (χ2n) is 5.85. The van der Waals surface area contributed by atoms with E-state index < -0.39 is 17.7 Å². The molecule has 22 heavy (non-hydrogen) atoms. The fourth-order valence-corrected chi connectivity index (χ4v) is 1.90. The molecule has 1 rings (SSSR count). The van der Waals surface area contributed by atoms with Gasteiger partial charge in [-0.2, -0.15) is 0 Å². The summed E-state index contributed by atoms with van der Waals surface area (Å²) < 4.78 is 14.8. The first kappa shape index (κ1) is 18.0. The molecule has 0 heterocycles. The molecule has 0 amide bonds. The summed E-state index contributed by atoms with van der Waals surface area (Å²) in [6.07, 6.45) is 0.167. The van der Waals surface area contributed by atoms with Gasteiger partial charge in [0.1, 0.15) is 11.4 Å². The summed E-state index contributed by atoms with van der Waals surface area (Å²) in [4.78, 5) is 23.0. The predicted octanol–water partition coefficient (Wildman–Crippen LogP) is 4.06. The van der Waals surface area contributed by atoms with Crippen LogP contribution in [0.1, 0.15) is 52.0 Å². The Morgan fingerprint density at radius 2 is 1.77 bits per heavy atom. The van der Waals surface area contributed by atoms with Crippen LogP contribution in [0.25, 0.3) is 0 Å². The molecule has 1 aromatic carbocycles. The number of rotatable bonds is 6. The van der Waals surface area contributed by atoms with Crippen molar-refractivity contribution >= 4 is 12.1 Å². The van der Waals surface area contributed by atoms with Crippen molar-refractivity contribution in [1.29, 1.82) is 0 Å². The highest BCUT2D eigenvalue weighted by Gasteiger charge is 2.28. The van der Waals surface area contributed by atoms with E-state index in [1.807, 2.05) is 12.1 Å². The third kappa shape index (κ3) is 5.76. The average molecular weight is 308 g/mol. The molecule has 5 heteroatoms. The van der Waals surface area contributed by atoms with E-state index in [9.17, 15) is 9.59 Å². The molecular formula is C17H24O5. The van der Waals surface area contributed by atoms with E-state index in [4.69, 9.17) is 9.47 Å². The number of methoxy groups -OCH3 is 1. The Balaban J connectivity index is 2.59. The number of hydrogen-bond donors (Lipinski definition) is 0. The fourth-order valence-electron chi connectivity index (χ4n) is 1.90. The molecular weight excluding hydrogens is 284 g/mol. The molecule has 0 radical (unpaired) electrons. The molecule has 0 saturated heterocycles. The van der Waals surface area contributed by atoms with E-state index in [1.165, 1.54) is 12.7 Å². The number of benzene rings is 1. The second kappa shape index (κ2) is 7.82. The zero-order valence-corrected chi connectivity index (χ0v) is 13.8. The average Bonchev–Trinajstić information content (AvgIpc) is 2.45. The standard InChI is InChI=1S/C17H24O5/c1-6-12(2)13-7-9-14(10-8-13)21-16(19)22-17(3,4)11-15(18)20-5/h7-10,12H,6,11H2,1-5H3. The van der Waals surface area contributed by atoms with Gasteiger partial charge in [-0.25, -0.2) is 4.79 Å². The summed E-state index contributed by atoms with van der Waals surface area (Å²) in [7, 11) is 1.29. The molecule has 0 spiro atoms. The zero-order chi connectivity index (χ0) is 16.8. The first-order valence-electron chi connectivity index (χ1n) is 7.35. The lowest BCUT2D eigenvalue weighted by atomic mass is 9.99. The summed E-state index contributed by atoms with van der Waals surface area (Å²) in [5.74, 6) is 0.418. The first-order chi connectivity index (χ1) is 10.3. The molecule has 1 aromatic rings. The number of ether oxygens (including phenoxy) is 3. The normalized spacial score (nSPS) is 12.4.